The van der Waals surface area contributed by atoms with Gasteiger partial charge in [-0.1, -0.05) is 26.7 Å². The Morgan fingerprint density at radius 2 is 1.38 bits per heavy atom. The van der Waals surface area contributed by atoms with Gasteiger partial charge in [-0.25, -0.2) is 0 Å². The molecule has 5 heteroatoms. The zero-order chi connectivity index (χ0) is 16.1. The van der Waals surface area contributed by atoms with Gasteiger partial charge in [-0.15, -0.1) is 0 Å². The second kappa shape index (κ2) is 11.5. The van der Waals surface area contributed by atoms with E-state index < -0.39 is 17.4 Å². The normalized spacial score (nSPS) is 11.2. The maximum absolute atomic E-state index is 12.3. The number of esters is 2. The van der Waals surface area contributed by atoms with Gasteiger partial charge in [0.2, 0.25) is 0 Å². The van der Waals surface area contributed by atoms with Gasteiger partial charge in [0.25, 0.3) is 0 Å². The highest BCUT2D eigenvalue weighted by molar-refractivity contribution is 6.00. The SMILES string of the molecule is CCCCOCCC(CCC)(C(=O)OCC)C(=O)OCC. The van der Waals surface area contributed by atoms with Crippen molar-refractivity contribution in [2.75, 3.05) is 26.4 Å². The molecule has 0 aliphatic heterocycles. The van der Waals surface area contributed by atoms with Crippen LogP contribution in [0.5, 0.6) is 0 Å². The van der Waals surface area contributed by atoms with E-state index in [0.29, 0.717) is 32.5 Å². The summed E-state index contributed by atoms with van der Waals surface area (Å²) in [5.74, 6) is -0.992. The maximum atomic E-state index is 12.3. The Labute approximate surface area is 128 Å². The van der Waals surface area contributed by atoms with Gasteiger partial charge < -0.3 is 14.2 Å². The molecular weight excluding hydrogens is 272 g/mol. The van der Waals surface area contributed by atoms with Gasteiger partial charge in [-0.3, -0.25) is 9.59 Å². The van der Waals surface area contributed by atoms with Gasteiger partial charge in [0.05, 0.1) is 13.2 Å². The molecule has 0 aliphatic carbocycles. The molecule has 0 saturated heterocycles. The Hall–Kier alpha value is -1.10. The average Bonchev–Trinajstić information content (AvgIpc) is 2.46. The Balaban J connectivity index is 4.90. The molecular formula is C16H30O5. The van der Waals surface area contributed by atoms with E-state index in [-0.39, 0.29) is 13.2 Å². The first-order chi connectivity index (χ1) is 10.1. The fourth-order valence-corrected chi connectivity index (χ4v) is 2.18. The standard InChI is InChI=1S/C16H30O5/c1-5-9-12-19-13-11-16(10-6-2,14(17)20-7-3)15(18)21-8-4/h5-13H2,1-4H3. The molecule has 5 nitrogen and oxygen atoms in total. The Morgan fingerprint density at radius 1 is 0.810 bits per heavy atom. The Bertz CT molecular complexity index is 283. The van der Waals surface area contributed by atoms with Gasteiger partial charge in [0.1, 0.15) is 0 Å². The molecule has 0 unspecified atom stereocenters. The van der Waals surface area contributed by atoms with Crippen LogP contribution in [0.4, 0.5) is 0 Å². The van der Waals surface area contributed by atoms with Crippen LogP contribution in [0.25, 0.3) is 0 Å². The lowest BCUT2D eigenvalue weighted by atomic mass is 9.80. The van der Waals surface area contributed by atoms with E-state index in [1.807, 2.05) is 6.92 Å². The number of carbonyl (C=O) groups is 2. The fourth-order valence-electron chi connectivity index (χ4n) is 2.18. The molecule has 0 radical (unpaired) electrons. The summed E-state index contributed by atoms with van der Waals surface area (Å²) in [4.78, 5) is 24.6. The monoisotopic (exact) mass is 302 g/mol. The highest BCUT2D eigenvalue weighted by atomic mass is 16.6. The highest BCUT2D eigenvalue weighted by Gasteiger charge is 2.47. The van der Waals surface area contributed by atoms with E-state index in [0.717, 1.165) is 12.8 Å². The van der Waals surface area contributed by atoms with Crippen molar-refractivity contribution in [1.82, 2.24) is 0 Å². The number of hydrogen-bond acceptors (Lipinski definition) is 5. The lowest BCUT2D eigenvalue weighted by Crippen LogP contribution is -2.43. The van der Waals surface area contributed by atoms with E-state index in [1.165, 1.54) is 0 Å². The topological polar surface area (TPSA) is 61.8 Å². The Morgan fingerprint density at radius 3 is 1.81 bits per heavy atom. The Kier molecular flexibility index (Phi) is 10.9. The molecule has 0 fully saturated rings. The minimum atomic E-state index is -1.23. The number of carbonyl (C=O) groups excluding carboxylic acids is 2. The van der Waals surface area contributed by atoms with Crippen LogP contribution in [0.2, 0.25) is 0 Å². The molecule has 0 aromatic carbocycles. The second-order valence-corrected chi connectivity index (χ2v) is 4.99. The van der Waals surface area contributed by atoms with Crippen LogP contribution in [0, 0.1) is 5.41 Å². The van der Waals surface area contributed by atoms with Crippen LogP contribution in [0.3, 0.4) is 0 Å². The van der Waals surface area contributed by atoms with Gasteiger partial charge in [-0.2, -0.15) is 0 Å². The summed E-state index contributed by atoms with van der Waals surface area (Å²) in [5.41, 5.74) is -1.23. The summed E-state index contributed by atoms with van der Waals surface area (Å²) in [6.45, 7) is 8.99. The van der Waals surface area contributed by atoms with Crippen LogP contribution < -0.4 is 0 Å². The average molecular weight is 302 g/mol. The largest absolute Gasteiger partial charge is 0.465 e. The zero-order valence-corrected chi connectivity index (χ0v) is 13.9. The van der Waals surface area contributed by atoms with E-state index in [1.54, 1.807) is 13.8 Å². The van der Waals surface area contributed by atoms with Crippen molar-refractivity contribution in [2.24, 2.45) is 5.41 Å². The minimum Gasteiger partial charge on any atom is -0.465 e. The quantitative estimate of drug-likeness (QED) is 0.315. The van der Waals surface area contributed by atoms with E-state index >= 15 is 0 Å². The van der Waals surface area contributed by atoms with Gasteiger partial charge >= 0.3 is 11.9 Å². The molecule has 0 saturated carbocycles. The third-order valence-electron chi connectivity index (χ3n) is 3.32. The minimum absolute atomic E-state index is 0.250. The number of ether oxygens (including phenoxy) is 3. The van der Waals surface area contributed by atoms with Crippen LogP contribution in [-0.4, -0.2) is 38.4 Å². The first-order valence-corrected chi connectivity index (χ1v) is 8.01. The summed E-state index contributed by atoms with van der Waals surface area (Å²) >= 11 is 0. The summed E-state index contributed by atoms with van der Waals surface area (Å²) < 4.78 is 15.7. The van der Waals surface area contributed by atoms with Crippen molar-refractivity contribution >= 4 is 11.9 Å². The van der Waals surface area contributed by atoms with E-state index in [9.17, 15) is 9.59 Å². The van der Waals surface area contributed by atoms with Gasteiger partial charge in [0, 0.05) is 13.2 Å². The summed E-state index contributed by atoms with van der Waals surface area (Å²) in [5, 5.41) is 0. The van der Waals surface area contributed by atoms with E-state index in [4.69, 9.17) is 14.2 Å². The number of rotatable bonds is 12. The molecule has 0 aromatic rings. The fraction of sp³-hybridized carbons (Fsp3) is 0.875. The molecule has 0 aromatic heterocycles. The third kappa shape index (κ3) is 6.46. The molecule has 0 atom stereocenters. The first-order valence-electron chi connectivity index (χ1n) is 8.01. The summed E-state index contributed by atoms with van der Waals surface area (Å²) in [6, 6.07) is 0. The lowest BCUT2D eigenvalue weighted by Gasteiger charge is -2.28. The molecule has 0 bridgehead atoms. The van der Waals surface area contributed by atoms with Crippen molar-refractivity contribution in [3.05, 3.63) is 0 Å². The molecule has 0 spiro atoms. The van der Waals surface area contributed by atoms with Gasteiger partial charge in [0.15, 0.2) is 5.41 Å². The number of hydrogen-bond donors (Lipinski definition) is 0. The predicted octanol–water partition coefficient (Wildman–Crippen LogP) is 3.11. The number of unbranched alkanes of at least 4 members (excludes halogenated alkanes) is 1. The van der Waals surface area contributed by atoms with Crippen molar-refractivity contribution in [3.8, 4) is 0 Å². The van der Waals surface area contributed by atoms with Crippen molar-refractivity contribution in [3.63, 3.8) is 0 Å². The molecule has 0 N–H and O–H groups in total. The van der Waals surface area contributed by atoms with Crippen molar-refractivity contribution < 1.29 is 23.8 Å². The summed E-state index contributed by atoms with van der Waals surface area (Å²) in [7, 11) is 0. The highest BCUT2D eigenvalue weighted by Crippen LogP contribution is 2.32. The molecule has 0 amide bonds. The third-order valence-corrected chi connectivity index (χ3v) is 3.32. The second-order valence-electron chi connectivity index (χ2n) is 4.99. The van der Waals surface area contributed by atoms with Crippen molar-refractivity contribution in [1.29, 1.82) is 0 Å². The molecule has 0 rings (SSSR count). The molecule has 0 aliphatic rings. The first kappa shape index (κ1) is 19.9. The van der Waals surface area contributed by atoms with Crippen LogP contribution >= 0.6 is 0 Å². The molecule has 21 heavy (non-hydrogen) atoms. The molecule has 124 valence electrons. The van der Waals surface area contributed by atoms with Crippen LogP contribution in [-0.2, 0) is 23.8 Å². The lowest BCUT2D eigenvalue weighted by molar-refractivity contribution is -0.174. The maximum Gasteiger partial charge on any atom is 0.323 e. The van der Waals surface area contributed by atoms with Crippen LogP contribution in [0.1, 0.15) is 59.8 Å². The van der Waals surface area contributed by atoms with Crippen LogP contribution in [0.15, 0.2) is 0 Å². The van der Waals surface area contributed by atoms with E-state index in [2.05, 4.69) is 6.92 Å². The van der Waals surface area contributed by atoms with Crippen molar-refractivity contribution in [2.45, 2.75) is 59.8 Å². The summed E-state index contributed by atoms with van der Waals surface area (Å²) in [6.07, 6.45) is 3.45. The zero-order valence-electron chi connectivity index (χ0n) is 13.9. The smallest absolute Gasteiger partial charge is 0.323 e. The molecule has 0 heterocycles. The predicted molar refractivity (Wildman–Crippen MR) is 81.0 cm³/mol. The van der Waals surface area contributed by atoms with Gasteiger partial charge in [-0.05, 0) is 33.1 Å².